The number of fused-ring (bicyclic) bond motifs is 1. The summed E-state index contributed by atoms with van der Waals surface area (Å²) in [6.07, 6.45) is 3.01. The Hall–Kier alpha value is -4.32. The van der Waals surface area contributed by atoms with Gasteiger partial charge in [0.2, 0.25) is 11.8 Å². The number of hydrogen-bond donors (Lipinski definition) is 2. The van der Waals surface area contributed by atoms with Crippen LogP contribution in [-0.2, 0) is 21.4 Å². The van der Waals surface area contributed by atoms with Gasteiger partial charge in [0.1, 0.15) is 11.5 Å². The van der Waals surface area contributed by atoms with Crippen LogP contribution in [-0.4, -0.2) is 43.0 Å². The summed E-state index contributed by atoms with van der Waals surface area (Å²) in [6.45, 7) is 1.67. The second-order valence-electron chi connectivity index (χ2n) is 8.19. The van der Waals surface area contributed by atoms with Crippen molar-refractivity contribution < 1.29 is 22.3 Å². The first-order valence-corrected chi connectivity index (χ1v) is 12.6. The molecule has 0 saturated heterocycles. The van der Waals surface area contributed by atoms with Gasteiger partial charge in [0.25, 0.3) is 15.6 Å². The number of rotatable bonds is 8. The number of aromatic nitrogens is 3. The molecule has 0 radical (unpaired) electrons. The average molecular weight is 526 g/mol. The number of nitrogens with one attached hydrogen (secondary N) is 2. The number of aryl methyl sites for hydroxylation is 2. The molecule has 37 heavy (non-hydrogen) atoms. The maximum absolute atomic E-state index is 13.5. The summed E-state index contributed by atoms with van der Waals surface area (Å²) in [7, 11) is -1.21. The lowest BCUT2D eigenvalue weighted by molar-refractivity contribution is -0.120. The fourth-order valence-electron chi connectivity index (χ4n) is 3.80. The molecule has 0 aliphatic rings. The van der Waals surface area contributed by atoms with E-state index in [9.17, 15) is 22.4 Å². The number of anilines is 1. The Morgan fingerprint density at radius 1 is 1.11 bits per heavy atom. The molecule has 4 aromatic rings. The number of halogens is 1. The van der Waals surface area contributed by atoms with E-state index in [1.54, 1.807) is 18.2 Å². The second kappa shape index (κ2) is 10.3. The highest BCUT2D eigenvalue weighted by molar-refractivity contribution is 7.92. The lowest BCUT2D eigenvalue weighted by atomic mass is 10.1. The van der Waals surface area contributed by atoms with Crippen LogP contribution < -0.4 is 20.3 Å². The topological polar surface area (TPSA) is 132 Å². The van der Waals surface area contributed by atoms with Gasteiger partial charge in [-0.25, -0.2) is 22.8 Å². The molecule has 12 heteroatoms. The number of amides is 1. The molecule has 0 atom stereocenters. The minimum absolute atomic E-state index is 0.0334. The van der Waals surface area contributed by atoms with E-state index in [1.807, 2.05) is 0 Å². The minimum atomic E-state index is -4.09. The second-order valence-corrected chi connectivity index (χ2v) is 9.85. The zero-order chi connectivity index (χ0) is 26.7. The standard InChI is InChI=1S/C25H24FN5O5S/c1-15-10-18(26)5-7-22(15)37(34,35)30-21-12-17(13-28-24(21)36-3)16-4-6-20-19(11-16)25(33)31(14-29-20)9-8-23(32)27-2/h4-7,10-14,30H,8-9H2,1-3H3,(H,27,32). The molecule has 0 aliphatic carbocycles. The lowest BCUT2D eigenvalue weighted by Gasteiger charge is -2.14. The van der Waals surface area contributed by atoms with Crippen molar-refractivity contribution in [1.29, 1.82) is 0 Å². The van der Waals surface area contributed by atoms with E-state index in [0.29, 0.717) is 22.0 Å². The Labute approximate surface area is 212 Å². The van der Waals surface area contributed by atoms with Gasteiger partial charge < -0.3 is 10.1 Å². The van der Waals surface area contributed by atoms with E-state index in [2.05, 4.69) is 20.0 Å². The Kier molecular flexibility index (Phi) is 7.21. The van der Waals surface area contributed by atoms with Gasteiger partial charge in [0.05, 0.1) is 29.2 Å². The van der Waals surface area contributed by atoms with Crippen molar-refractivity contribution in [1.82, 2.24) is 19.9 Å². The molecule has 2 heterocycles. The monoisotopic (exact) mass is 525 g/mol. The first-order chi connectivity index (χ1) is 17.6. The van der Waals surface area contributed by atoms with Gasteiger partial charge in [-0.05, 0) is 54.4 Å². The highest BCUT2D eigenvalue weighted by atomic mass is 32.2. The van der Waals surface area contributed by atoms with Gasteiger partial charge in [0, 0.05) is 31.8 Å². The van der Waals surface area contributed by atoms with Gasteiger partial charge in [-0.15, -0.1) is 0 Å². The number of hydrogen-bond acceptors (Lipinski definition) is 7. The molecule has 0 spiro atoms. The first-order valence-electron chi connectivity index (χ1n) is 11.2. The molecule has 192 valence electrons. The number of pyridine rings is 1. The highest BCUT2D eigenvalue weighted by Gasteiger charge is 2.20. The zero-order valence-corrected chi connectivity index (χ0v) is 21.1. The van der Waals surface area contributed by atoms with Crippen molar-refractivity contribution in [2.24, 2.45) is 0 Å². The molecule has 2 aromatic heterocycles. The number of benzene rings is 2. The molecule has 2 N–H and O–H groups in total. The Balaban J connectivity index is 1.72. The molecule has 0 fully saturated rings. The number of carbonyl (C=O) groups excluding carboxylic acids is 1. The van der Waals surface area contributed by atoms with Gasteiger partial charge in [-0.3, -0.25) is 18.9 Å². The number of methoxy groups -OCH3 is 1. The Morgan fingerprint density at radius 3 is 2.59 bits per heavy atom. The number of sulfonamides is 1. The number of ether oxygens (including phenoxy) is 1. The van der Waals surface area contributed by atoms with Crippen LogP contribution in [0.4, 0.5) is 10.1 Å². The summed E-state index contributed by atoms with van der Waals surface area (Å²) in [5.41, 5.74) is 1.56. The van der Waals surface area contributed by atoms with Crippen LogP contribution in [0.5, 0.6) is 5.88 Å². The van der Waals surface area contributed by atoms with E-state index >= 15 is 0 Å². The van der Waals surface area contributed by atoms with Crippen molar-refractivity contribution in [3.63, 3.8) is 0 Å². The van der Waals surface area contributed by atoms with Crippen LogP contribution in [0.3, 0.4) is 0 Å². The van der Waals surface area contributed by atoms with Crippen LogP contribution >= 0.6 is 0 Å². The van der Waals surface area contributed by atoms with Crippen LogP contribution in [0.2, 0.25) is 0 Å². The van der Waals surface area contributed by atoms with E-state index in [1.165, 1.54) is 50.3 Å². The summed E-state index contributed by atoms with van der Waals surface area (Å²) in [5.74, 6) is -0.710. The van der Waals surface area contributed by atoms with Crippen LogP contribution in [0.1, 0.15) is 12.0 Å². The maximum atomic E-state index is 13.5. The van der Waals surface area contributed by atoms with Crippen molar-refractivity contribution in [2.75, 3.05) is 18.9 Å². The van der Waals surface area contributed by atoms with E-state index < -0.39 is 15.8 Å². The minimum Gasteiger partial charge on any atom is -0.480 e. The van der Waals surface area contributed by atoms with E-state index in [-0.39, 0.29) is 46.5 Å². The fourth-order valence-corrected chi connectivity index (χ4v) is 5.08. The maximum Gasteiger partial charge on any atom is 0.262 e. The third kappa shape index (κ3) is 5.43. The summed E-state index contributed by atoms with van der Waals surface area (Å²) in [5, 5.41) is 2.84. The zero-order valence-electron chi connectivity index (χ0n) is 20.3. The molecule has 0 saturated carbocycles. The fraction of sp³-hybridized carbons (Fsp3) is 0.200. The molecular formula is C25H24FN5O5S. The smallest absolute Gasteiger partial charge is 0.262 e. The molecule has 10 nitrogen and oxygen atoms in total. The first kappa shape index (κ1) is 25.8. The Morgan fingerprint density at radius 2 is 1.89 bits per heavy atom. The summed E-state index contributed by atoms with van der Waals surface area (Å²) >= 11 is 0. The SMILES string of the molecule is CNC(=O)CCn1cnc2ccc(-c3cnc(OC)c(NS(=O)(=O)c4ccc(F)cc4C)c3)cc2c1=O. The van der Waals surface area contributed by atoms with Gasteiger partial charge in [-0.2, -0.15) is 0 Å². The normalized spacial score (nSPS) is 11.4. The van der Waals surface area contributed by atoms with Gasteiger partial charge in [-0.1, -0.05) is 6.07 Å². The molecular weight excluding hydrogens is 501 g/mol. The lowest BCUT2D eigenvalue weighted by Crippen LogP contribution is -2.25. The van der Waals surface area contributed by atoms with E-state index in [4.69, 9.17) is 4.74 Å². The van der Waals surface area contributed by atoms with Crippen molar-refractivity contribution >= 4 is 32.5 Å². The van der Waals surface area contributed by atoms with Gasteiger partial charge >= 0.3 is 0 Å². The van der Waals surface area contributed by atoms with Crippen LogP contribution in [0.25, 0.3) is 22.0 Å². The molecule has 0 unspecified atom stereocenters. The molecule has 2 aromatic carbocycles. The number of carbonyl (C=O) groups is 1. The third-order valence-electron chi connectivity index (χ3n) is 5.73. The largest absolute Gasteiger partial charge is 0.480 e. The van der Waals surface area contributed by atoms with Crippen molar-refractivity contribution in [3.8, 4) is 17.0 Å². The van der Waals surface area contributed by atoms with Crippen molar-refractivity contribution in [2.45, 2.75) is 24.8 Å². The summed E-state index contributed by atoms with van der Waals surface area (Å²) in [4.78, 5) is 33.0. The predicted octanol–water partition coefficient (Wildman–Crippen LogP) is 2.85. The third-order valence-corrected chi connectivity index (χ3v) is 7.26. The quantitative estimate of drug-likeness (QED) is 0.362. The summed E-state index contributed by atoms with van der Waals surface area (Å²) in [6, 6.07) is 9.95. The van der Waals surface area contributed by atoms with Crippen molar-refractivity contribution in [3.05, 3.63) is 76.7 Å². The summed E-state index contributed by atoms with van der Waals surface area (Å²) < 4.78 is 48.6. The van der Waals surface area contributed by atoms with E-state index in [0.717, 1.165) is 12.1 Å². The molecule has 1 amide bonds. The average Bonchev–Trinajstić information content (AvgIpc) is 2.87. The molecule has 0 aliphatic heterocycles. The van der Waals surface area contributed by atoms with Gasteiger partial charge in [0.15, 0.2) is 0 Å². The molecule has 0 bridgehead atoms. The molecule has 4 rings (SSSR count). The van der Waals surface area contributed by atoms with Crippen LogP contribution in [0, 0.1) is 12.7 Å². The van der Waals surface area contributed by atoms with Crippen LogP contribution in [0.15, 0.2) is 64.7 Å². The Bertz CT molecular complexity index is 1670. The predicted molar refractivity (Wildman–Crippen MR) is 136 cm³/mol. The number of nitrogens with zero attached hydrogens (tertiary/aromatic N) is 3. The highest BCUT2D eigenvalue weighted by Crippen LogP contribution is 2.31.